The third-order valence-electron chi connectivity index (χ3n) is 4.77. The van der Waals surface area contributed by atoms with Crippen LogP contribution in [0.25, 0.3) is 10.9 Å². The Morgan fingerprint density at radius 1 is 1.16 bits per heavy atom. The van der Waals surface area contributed by atoms with Gasteiger partial charge in [-0.15, -0.1) is 0 Å². The first-order chi connectivity index (χ1) is 12.2. The molecule has 1 atom stereocenters. The quantitative estimate of drug-likeness (QED) is 0.680. The highest BCUT2D eigenvalue weighted by Crippen LogP contribution is 2.34. The molecule has 4 rings (SSSR count). The van der Waals surface area contributed by atoms with Crippen molar-refractivity contribution in [1.82, 2.24) is 9.97 Å². The van der Waals surface area contributed by atoms with Gasteiger partial charge in [-0.25, -0.2) is 9.97 Å². The van der Waals surface area contributed by atoms with E-state index in [1.165, 1.54) is 12.0 Å². The number of anilines is 2. The molecular weight excluding hydrogens is 312 g/mol. The van der Waals surface area contributed by atoms with Gasteiger partial charge in [0.05, 0.1) is 17.3 Å². The van der Waals surface area contributed by atoms with Crippen molar-refractivity contribution in [2.45, 2.75) is 38.3 Å². The topological polar surface area (TPSA) is 73.1 Å². The summed E-state index contributed by atoms with van der Waals surface area (Å²) in [6.45, 7) is 2.11. The Morgan fingerprint density at radius 2 is 1.96 bits per heavy atom. The zero-order valence-electron chi connectivity index (χ0n) is 14.3. The molecule has 25 heavy (non-hydrogen) atoms. The van der Waals surface area contributed by atoms with Gasteiger partial charge in [-0.2, -0.15) is 0 Å². The molecule has 0 aliphatic heterocycles. The molecule has 1 heterocycles. The molecule has 1 fully saturated rings. The van der Waals surface area contributed by atoms with Gasteiger partial charge in [0.2, 0.25) is 0 Å². The minimum absolute atomic E-state index is 0.131. The molecule has 0 saturated heterocycles. The number of rotatable bonds is 5. The number of nitrogen functional groups attached to an aromatic ring is 1. The van der Waals surface area contributed by atoms with E-state index in [-0.39, 0.29) is 12.1 Å². The molecule has 0 bridgehead atoms. The summed E-state index contributed by atoms with van der Waals surface area (Å²) in [6, 6.07) is 14.2. The third kappa shape index (κ3) is 3.22. The maximum atomic E-state index is 6.22. The molecule has 1 aliphatic rings. The lowest BCUT2D eigenvalue weighted by Crippen LogP contribution is -2.24. The van der Waals surface area contributed by atoms with Crippen molar-refractivity contribution < 1.29 is 4.74 Å². The van der Waals surface area contributed by atoms with Crippen LogP contribution in [0, 0.1) is 0 Å². The Kier molecular flexibility index (Phi) is 4.14. The molecule has 0 radical (unpaired) electrons. The van der Waals surface area contributed by atoms with Gasteiger partial charge in [-0.3, -0.25) is 0 Å². The van der Waals surface area contributed by atoms with E-state index in [0.717, 1.165) is 35.3 Å². The van der Waals surface area contributed by atoms with Crippen molar-refractivity contribution in [3.05, 3.63) is 54.4 Å². The van der Waals surface area contributed by atoms with Gasteiger partial charge >= 0.3 is 0 Å². The Balaban J connectivity index is 1.64. The van der Waals surface area contributed by atoms with Crippen molar-refractivity contribution in [1.29, 1.82) is 0 Å². The average Bonchev–Trinajstić information content (AvgIpc) is 2.59. The molecule has 1 aliphatic carbocycles. The number of ether oxygens (including phenoxy) is 1. The van der Waals surface area contributed by atoms with E-state index in [1.54, 1.807) is 6.33 Å². The van der Waals surface area contributed by atoms with Crippen molar-refractivity contribution in [3.8, 4) is 5.75 Å². The highest BCUT2D eigenvalue weighted by molar-refractivity contribution is 5.93. The highest BCUT2D eigenvalue weighted by atomic mass is 16.5. The van der Waals surface area contributed by atoms with Gasteiger partial charge in [0.25, 0.3) is 0 Å². The van der Waals surface area contributed by atoms with Gasteiger partial charge in [-0.05, 0) is 37.8 Å². The van der Waals surface area contributed by atoms with Crippen LogP contribution in [0.2, 0.25) is 0 Å². The van der Waals surface area contributed by atoms with Crippen LogP contribution in [-0.2, 0) is 0 Å². The molecule has 0 amide bonds. The van der Waals surface area contributed by atoms with E-state index in [1.807, 2.05) is 30.3 Å². The molecule has 3 N–H and O–H groups in total. The van der Waals surface area contributed by atoms with Gasteiger partial charge < -0.3 is 15.8 Å². The van der Waals surface area contributed by atoms with E-state index in [2.05, 4.69) is 34.3 Å². The van der Waals surface area contributed by atoms with Crippen LogP contribution in [0.3, 0.4) is 0 Å². The molecule has 1 unspecified atom stereocenters. The number of aromatic nitrogens is 2. The highest BCUT2D eigenvalue weighted by Gasteiger charge is 2.21. The summed E-state index contributed by atoms with van der Waals surface area (Å²) in [5, 5.41) is 4.37. The molecule has 1 aromatic heterocycles. The Labute approximate surface area is 147 Å². The number of benzene rings is 2. The summed E-state index contributed by atoms with van der Waals surface area (Å²) in [6.07, 6.45) is 5.29. The van der Waals surface area contributed by atoms with Crippen molar-refractivity contribution in [2.75, 3.05) is 11.1 Å². The number of hydrogen-bond donors (Lipinski definition) is 2. The summed E-state index contributed by atoms with van der Waals surface area (Å²) < 4.78 is 5.97. The average molecular weight is 334 g/mol. The predicted molar refractivity (Wildman–Crippen MR) is 101 cm³/mol. The molecule has 0 spiro atoms. The van der Waals surface area contributed by atoms with Crippen molar-refractivity contribution in [2.24, 2.45) is 0 Å². The Hall–Kier alpha value is -2.82. The predicted octanol–water partition coefficient (Wildman–Crippen LogP) is 4.32. The number of nitrogens with one attached hydrogen (secondary N) is 1. The lowest BCUT2D eigenvalue weighted by atomic mass is 9.96. The summed E-state index contributed by atoms with van der Waals surface area (Å²) in [7, 11) is 0. The first-order valence-corrected chi connectivity index (χ1v) is 8.73. The number of nitrogens with zero attached hydrogens (tertiary/aromatic N) is 2. The van der Waals surface area contributed by atoms with Crippen molar-refractivity contribution in [3.63, 3.8) is 0 Å². The number of nitrogens with two attached hydrogens (primary N) is 1. The normalized spacial score (nSPS) is 15.6. The molecule has 128 valence electrons. The smallest absolute Gasteiger partial charge is 0.144 e. The minimum atomic E-state index is 0.131. The number of hydrogen-bond acceptors (Lipinski definition) is 5. The molecule has 3 aromatic rings. The second-order valence-corrected chi connectivity index (χ2v) is 6.58. The van der Waals surface area contributed by atoms with Crippen LogP contribution in [-0.4, -0.2) is 16.1 Å². The van der Waals surface area contributed by atoms with Crippen LogP contribution in [0.4, 0.5) is 11.5 Å². The maximum absolute atomic E-state index is 6.22. The zero-order valence-corrected chi connectivity index (χ0v) is 14.3. The Morgan fingerprint density at radius 3 is 2.68 bits per heavy atom. The van der Waals surface area contributed by atoms with E-state index in [9.17, 15) is 0 Å². The fraction of sp³-hybridized carbons (Fsp3) is 0.300. The molecular formula is C20H22N4O. The van der Waals surface area contributed by atoms with Crippen LogP contribution >= 0.6 is 0 Å². The first kappa shape index (κ1) is 15.7. The summed E-state index contributed by atoms with van der Waals surface area (Å²) in [4.78, 5) is 8.80. The molecule has 2 aromatic carbocycles. The van der Waals surface area contributed by atoms with Crippen LogP contribution in [0.15, 0.2) is 48.8 Å². The van der Waals surface area contributed by atoms with Gasteiger partial charge in [0.15, 0.2) is 0 Å². The second-order valence-electron chi connectivity index (χ2n) is 6.58. The van der Waals surface area contributed by atoms with Crippen LogP contribution in [0.1, 0.15) is 37.8 Å². The minimum Gasteiger partial charge on any atom is -0.488 e. The standard InChI is InChI=1S/C20H22N4O/c1-13(14-6-3-2-4-7-14)24-20-16-10-17(21)19(25-15-8-5-9-15)11-18(16)22-12-23-20/h2-4,6-7,10-13,15H,5,8-9,21H2,1H3,(H,22,23,24). The summed E-state index contributed by atoms with van der Waals surface area (Å²) >= 11 is 0. The zero-order chi connectivity index (χ0) is 17.2. The summed E-state index contributed by atoms with van der Waals surface area (Å²) in [5.41, 5.74) is 8.88. The maximum Gasteiger partial charge on any atom is 0.144 e. The van der Waals surface area contributed by atoms with E-state index in [0.29, 0.717) is 5.69 Å². The monoisotopic (exact) mass is 334 g/mol. The van der Waals surface area contributed by atoms with Crippen LogP contribution < -0.4 is 15.8 Å². The van der Waals surface area contributed by atoms with E-state index < -0.39 is 0 Å². The van der Waals surface area contributed by atoms with Gasteiger partial charge in [-0.1, -0.05) is 30.3 Å². The molecule has 5 heteroatoms. The summed E-state index contributed by atoms with van der Waals surface area (Å²) in [5.74, 6) is 1.50. The second kappa shape index (κ2) is 6.59. The Bertz CT molecular complexity index is 878. The first-order valence-electron chi connectivity index (χ1n) is 8.73. The fourth-order valence-electron chi connectivity index (χ4n) is 3.02. The van der Waals surface area contributed by atoms with E-state index >= 15 is 0 Å². The fourth-order valence-corrected chi connectivity index (χ4v) is 3.02. The molecule has 5 nitrogen and oxygen atoms in total. The lowest BCUT2D eigenvalue weighted by Gasteiger charge is -2.27. The van der Waals surface area contributed by atoms with E-state index in [4.69, 9.17) is 10.5 Å². The van der Waals surface area contributed by atoms with Crippen molar-refractivity contribution >= 4 is 22.4 Å². The SMILES string of the molecule is CC(Nc1ncnc2cc(OC3CCC3)c(N)cc12)c1ccccc1. The lowest BCUT2D eigenvalue weighted by molar-refractivity contribution is 0.121. The van der Waals surface area contributed by atoms with Gasteiger partial charge in [0, 0.05) is 17.5 Å². The third-order valence-corrected chi connectivity index (χ3v) is 4.77. The van der Waals surface area contributed by atoms with Crippen LogP contribution in [0.5, 0.6) is 5.75 Å². The van der Waals surface area contributed by atoms with Gasteiger partial charge in [0.1, 0.15) is 17.9 Å². The molecule has 1 saturated carbocycles. The largest absolute Gasteiger partial charge is 0.488 e. The number of fused-ring (bicyclic) bond motifs is 1.